The first-order valence-corrected chi connectivity index (χ1v) is 7.09. The highest BCUT2D eigenvalue weighted by molar-refractivity contribution is 8.02. The summed E-state index contributed by atoms with van der Waals surface area (Å²) in [6.07, 6.45) is -2.70. The van der Waals surface area contributed by atoms with E-state index in [1.165, 1.54) is 25.9 Å². The number of hydrogen-bond acceptors (Lipinski definition) is 5. The van der Waals surface area contributed by atoms with Gasteiger partial charge in [0.2, 0.25) is 5.88 Å². The molecule has 0 fully saturated rings. The maximum absolute atomic E-state index is 13.0. The van der Waals surface area contributed by atoms with Gasteiger partial charge in [0, 0.05) is 12.8 Å². The van der Waals surface area contributed by atoms with Gasteiger partial charge in [-0.25, -0.2) is 4.68 Å². The first kappa shape index (κ1) is 16.0. The SMILES string of the molecule is COc1c(CSC2=CC(C)(C)ON2)c(C(F)(F)F)nn1C. The third kappa shape index (κ3) is 3.46. The van der Waals surface area contributed by atoms with E-state index in [0.717, 1.165) is 4.68 Å². The van der Waals surface area contributed by atoms with Gasteiger partial charge < -0.3 is 4.74 Å². The smallest absolute Gasteiger partial charge is 0.435 e. The second-order valence-electron chi connectivity index (χ2n) is 5.06. The molecule has 1 aromatic rings. The van der Waals surface area contributed by atoms with Crippen molar-refractivity contribution in [2.24, 2.45) is 7.05 Å². The fourth-order valence-electron chi connectivity index (χ4n) is 1.94. The molecule has 0 saturated heterocycles. The van der Waals surface area contributed by atoms with Crippen LogP contribution in [-0.2, 0) is 23.8 Å². The minimum Gasteiger partial charge on any atom is -0.481 e. The number of aromatic nitrogens is 2. The predicted octanol–water partition coefficient (Wildman–Crippen LogP) is 2.84. The maximum atomic E-state index is 13.0. The van der Waals surface area contributed by atoms with Crippen LogP contribution in [0.1, 0.15) is 25.1 Å². The van der Waals surface area contributed by atoms with Crippen molar-refractivity contribution in [3.8, 4) is 5.88 Å². The Morgan fingerprint density at radius 3 is 2.62 bits per heavy atom. The van der Waals surface area contributed by atoms with E-state index in [1.54, 1.807) is 0 Å². The lowest BCUT2D eigenvalue weighted by Crippen LogP contribution is -2.20. The molecule has 21 heavy (non-hydrogen) atoms. The molecule has 0 atom stereocenters. The van der Waals surface area contributed by atoms with Crippen molar-refractivity contribution >= 4 is 11.8 Å². The molecule has 0 bridgehead atoms. The van der Waals surface area contributed by atoms with Crippen LogP contribution in [0.2, 0.25) is 0 Å². The summed E-state index contributed by atoms with van der Waals surface area (Å²) in [5.74, 6) is 0.179. The number of thioether (sulfide) groups is 1. The summed E-state index contributed by atoms with van der Waals surface area (Å²) < 4.78 is 45.1. The van der Waals surface area contributed by atoms with Crippen LogP contribution in [0, 0.1) is 0 Å². The molecule has 1 aromatic heterocycles. The Balaban J connectivity index is 2.23. The molecule has 0 spiro atoms. The van der Waals surface area contributed by atoms with E-state index in [2.05, 4.69) is 10.6 Å². The molecule has 0 aromatic carbocycles. The molecule has 118 valence electrons. The molecule has 0 aliphatic carbocycles. The second-order valence-corrected chi connectivity index (χ2v) is 6.08. The molecule has 1 aliphatic heterocycles. The van der Waals surface area contributed by atoms with Gasteiger partial charge in [0.25, 0.3) is 0 Å². The van der Waals surface area contributed by atoms with Crippen LogP contribution in [0.25, 0.3) is 0 Å². The quantitative estimate of drug-likeness (QED) is 0.923. The van der Waals surface area contributed by atoms with Gasteiger partial charge in [-0.2, -0.15) is 18.3 Å². The van der Waals surface area contributed by atoms with Crippen molar-refractivity contribution in [1.82, 2.24) is 15.3 Å². The van der Waals surface area contributed by atoms with E-state index < -0.39 is 17.5 Å². The zero-order chi connectivity index (χ0) is 15.8. The number of nitrogens with zero attached hydrogens (tertiary/aromatic N) is 2. The van der Waals surface area contributed by atoms with Gasteiger partial charge in [-0.05, 0) is 19.9 Å². The van der Waals surface area contributed by atoms with Gasteiger partial charge in [-0.15, -0.1) is 11.8 Å². The summed E-state index contributed by atoms with van der Waals surface area (Å²) in [4.78, 5) is 5.26. The van der Waals surface area contributed by atoms with E-state index in [0.29, 0.717) is 5.03 Å². The summed E-state index contributed by atoms with van der Waals surface area (Å²) in [6.45, 7) is 3.69. The Hall–Kier alpha value is -1.35. The Kier molecular flexibility index (Phi) is 4.16. The van der Waals surface area contributed by atoms with E-state index in [1.807, 2.05) is 19.9 Å². The van der Waals surface area contributed by atoms with Gasteiger partial charge in [0.05, 0.1) is 17.7 Å². The van der Waals surface area contributed by atoms with Gasteiger partial charge in [-0.3, -0.25) is 10.3 Å². The van der Waals surface area contributed by atoms with Crippen LogP contribution in [-0.4, -0.2) is 22.5 Å². The largest absolute Gasteiger partial charge is 0.481 e. The molecule has 0 unspecified atom stereocenters. The van der Waals surface area contributed by atoms with E-state index in [-0.39, 0.29) is 17.2 Å². The average molecular weight is 323 g/mol. The third-order valence-corrected chi connectivity index (χ3v) is 3.76. The topological polar surface area (TPSA) is 48.3 Å². The number of halogens is 3. The van der Waals surface area contributed by atoms with Crippen LogP contribution in [0.4, 0.5) is 13.2 Å². The maximum Gasteiger partial charge on any atom is 0.435 e. The number of rotatable bonds is 4. The van der Waals surface area contributed by atoms with Crippen molar-refractivity contribution in [3.05, 3.63) is 22.4 Å². The molecule has 5 nitrogen and oxygen atoms in total. The summed E-state index contributed by atoms with van der Waals surface area (Å²) in [5.41, 5.74) is 1.31. The van der Waals surface area contributed by atoms with Crippen molar-refractivity contribution in [3.63, 3.8) is 0 Å². The van der Waals surface area contributed by atoms with Gasteiger partial charge in [-0.1, -0.05) is 0 Å². The van der Waals surface area contributed by atoms with Crippen molar-refractivity contribution in [1.29, 1.82) is 0 Å². The lowest BCUT2D eigenvalue weighted by molar-refractivity contribution is -0.141. The van der Waals surface area contributed by atoms with Crippen LogP contribution >= 0.6 is 11.8 Å². The number of aryl methyl sites for hydroxylation is 1. The van der Waals surface area contributed by atoms with Gasteiger partial charge in [0.15, 0.2) is 5.69 Å². The van der Waals surface area contributed by atoms with E-state index in [4.69, 9.17) is 9.57 Å². The summed E-state index contributed by atoms with van der Waals surface area (Å²) in [5, 5.41) is 4.17. The highest BCUT2D eigenvalue weighted by atomic mass is 32.2. The van der Waals surface area contributed by atoms with Gasteiger partial charge >= 0.3 is 6.18 Å². The van der Waals surface area contributed by atoms with Crippen LogP contribution in [0.15, 0.2) is 11.1 Å². The first-order valence-electron chi connectivity index (χ1n) is 6.11. The molecule has 0 radical (unpaired) electrons. The van der Waals surface area contributed by atoms with Crippen LogP contribution in [0.5, 0.6) is 5.88 Å². The van der Waals surface area contributed by atoms with E-state index >= 15 is 0 Å². The predicted molar refractivity (Wildman–Crippen MR) is 72.4 cm³/mol. The first-order chi connectivity index (χ1) is 9.64. The fraction of sp³-hybridized carbons (Fsp3) is 0.583. The number of alkyl halides is 3. The average Bonchev–Trinajstić information content (AvgIpc) is 2.86. The third-order valence-electron chi connectivity index (χ3n) is 2.82. The Morgan fingerprint density at radius 1 is 1.48 bits per heavy atom. The highest BCUT2D eigenvalue weighted by Crippen LogP contribution is 2.38. The lowest BCUT2D eigenvalue weighted by Gasteiger charge is -2.11. The minimum absolute atomic E-state index is 0.0184. The lowest BCUT2D eigenvalue weighted by atomic mass is 10.1. The zero-order valence-electron chi connectivity index (χ0n) is 12.0. The highest BCUT2D eigenvalue weighted by Gasteiger charge is 2.39. The molecule has 0 amide bonds. The molecule has 1 aliphatic rings. The van der Waals surface area contributed by atoms with Gasteiger partial charge in [0.1, 0.15) is 5.60 Å². The monoisotopic (exact) mass is 323 g/mol. The van der Waals surface area contributed by atoms with E-state index in [9.17, 15) is 13.2 Å². The normalized spacial score (nSPS) is 17.6. The number of hydrogen-bond donors (Lipinski definition) is 1. The summed E-state index contributed by atoms with van der Waals surface area (Å²) in [7, 11) is 2.74. The molecular weight excluding hydrogens is 307 g/mol. The fourth-order valence-corrected chi connectivity index (χ4v) is 2.97. The molecule has 0 saturated carbocycles. The molecular formula is C12H16F3N3O2S. The van der Waals surface area contributed by atoms with Crippen LogP contribution in [0.3, 0.4) is 0 Å². The number of nitrogens with one attached hydrogen (secondary N) is 1. The Bertz CT molecular complexity index is 567. The Morgan fingerprint density at radius 2 is 2.14 bits per heavy atom. The molecule has 9 heteroatoms. The number of hydroxylamine groups is 1. The minimum atomic E-state index is -4.52. The summed E-state index contributed by atoms with van der Waals surface area (Å²) >= 11 is 1.20. The zero-order valence-corrected chi connectivity index (χ0v) is 12.9. The summed E-state index contributed by atoms with van der Waals surface area (Å²) in [6, 6.07) is 0. The number of ether oxygens (including phenoxy) is 1. The molecule has 2 rings (SSSR count). The van der Waals surface area contributed by atoms with Crippen LogP contribution < -0.4 is 10.2 Å². The second kappa shape index (κ2) is 5.45. The van der Waals surface area contributed by atoms with Crippen molar-refractivity contribution in [2.75, 3.05) is 7.11 Å². The van der Waals surface area contributed by atoms with Crippen molar-refractivity contribution in [2.45, 2.75) is 31.4 Å². The number of methoxy groups -OCH3 is 1. The Labute approximate surface area is 124 Å². The molecule has 1 N–H and O–H groups in total. The van der Waals surface area contributed by atoms with Crippen molar-refractivity contribution < 1.29 is 22.7 Å². The molecule has 2 heterocycles. The standard InChI is InChI=1S/C12H16F3N3O2S/c1-11(2)5-8(17-20-11)21-6-7-9(12(13,14)15)16-18(3)10(7)19-4/h5,17H,6H2,1-4H3.